The second-order valence-corrected chi connectivity index (χ2v) is 4.76. The third kappa shape index (κ3) is 1.97. The molecule has 0 aliphatic rings. The summed E-state index contributed by atoms with van der Waals surface area (Å²) in [7, 11) is 0. The van der Waals surface area contributed by atoms with Gasteiger partial charge in [-0.15, -0.1) is 0 Å². The van der Waals surface area contributed by atoms with E-state index in [1.165, 1.54) is 6.07 Å². The van der Waals surface area contributed by atoms with E-state index in [1.54, 1.807) is 30.7 Å². The molecule has 100 valence electrons. The van der Waals surface area contributed by atoms with E-state index in [0.29, 0.717) is 22.4 Å². The predicted octanol–water partition coefficient (Wildman–Crippen LogP) is 3.40. The Morgan fingerprint density at radius 1 is 0.952 bits per heavy atom. The summed E-state index contributed by atoms with van der Waals surface area (Å²) in [5, 5.41) is 2.53. The smallest absolute Gasteiger partial charge is 0.193 e. The Balaban J connectivity index is 1.97. The highest BCUT2D eigenvalue weighted by Crippen LogP contribution is 2.23. The van der Waals surface area contributed by atoms with E-state index >= 15 is 0 Å². The molecular weight excluding hydrogens is 264 g/mol. The Bertz CT molecular complexity index is 1020. The number of pyridine rings is 2. The number of aromatic nitrogens is 2. The van der Waals surface area contributed by atoms with E-state index in [4.69, 9.17) is 4.42 Å². The number of hydrogen-bond donors (Lipinski definition) is 0. The molecule has 0 bridgehead atoms. The maximum Gasteiger partial charge on any atom is 0.193 e. The Kier molecular flexibility index (Phi) is 2.54. The van der Waals surface area contributed by atoms with E-state index in [2.05, 4.69) is 9.97 Å². The van der Waals surface area contributed by atoms with E-state index in [9.17, 15) is 4.79 Å². The van der Waals surface area contributed by atoms with Gasteiger partial charge in [-0.1, -0.05) is 12.1 Å². The SMILES string of the molecule is O=c1cc(-c2cc3cnccc3cn2)oc2ccccc12. The van der Waals surface area contributed by atoms with Gasteiger partial charge in [-0.05, 0) is 24.3 Å². The Hall–Kier alpha value is -3.01. The fourth-order valence-electron chi connectivity index (χ4n) is 2.34. The maximum absolute atomic E-state index is 12.1. The first-order valence-corrected chi connectivity index (χ1v) is 6.54. The van der Waals surface area contributed by atoms with Gasteiger partial charge in [-0.3, -0.25) is 14.8 Å². The van der Waals surface area contributed by atoms with Crippen molar-refractivity contribution in [1.82, 2.24) is 9.97 Å². The van der Waals surface area contributed by atoms with E-state index in [1.807, 2.05) is 24.3 Å². The fourth-order valence-corrected chi connectivity index (χ4v) is 2.34. The molecule has 0 aliphatic carbocycles. The second-order valence-electron chi connectivity index (χ2n) is 4.76. The molecular formula is C17H10N2O2. The normalized spacial score (nSPS) is 11.0. The van der Waals surface area contributed by atoms with Crippen molar-refractivity contribution in [2.45, 2.75) is 0 Å². The summed E-state index contributed by atoms with van der Waals surface area (Å²) in [5.41, 5.74) is 1.12. The van der Waals surface area contributed by atoms with Gasteiger partial charge in [0.05, 0.1) is 5.39 Å². The summed E-state index contributed by atoms with van der Waals surface area (Å²) in [5.74, 6) is 0.462. The summed E-state index contributed by atoms with van der Waals surface area (Å²) in [6.07, 6.45) is 5.24. The van der Waals surface area contributed by atoms with Crippen molar-refractivity contribution in [3.05, 3.63) is 71.3 Å². The fraction of sp³-hybridized carbons (Fsp3) is 0. The van der Waals surface area contributed by atoms with Crippen LogP contribution >= 0.6 is 0 Å². The number of benzene rings is 1. The van der Waals surface area contributed by atoms with Crippen molar-refractivity contribution in [2.24, 2.45) is 0 Å². The maximum atomic E-state index is 12.1. The summed E-state index contributed by atoms with van der Waals surface area (Å²) in [4.78, 5) is 20.6. The van der Waals surface area contributed by atoms with Crippen LogP contribution in [-0.2, 0) is 0 Å². The number of hydrogen-bond acceptors (Lipinski definition) is 4. The molecule has 0 aliphatic heterocycles. The molecule has 0 saturated carbocycles. The molecule has 0 spiro atoms. The summed E-state index contributed by atoms with van der Waals surface area (Å²) >= 11 is 0. The van der Waals surface area contributed by atoms with E-state index in [0.717, 1.165) is 10.8 Å². The van der Waals surface area contributed by atoms with Crippen LogP contribution in [0, 0.1) is 0 Å². The molecule has 1 aromatic carbocycles. The van der Waals surface area contributed by atoms with Crippen LogP contribution in [0.1, 0.15) is 0 Å². The van der Waals surface area contributed by atoms with Gasteiger partial charge in [0.2, 0.25) is 0 Å². The average molecular weight is 274 g/mol. The van der Waals surface area contributed by atoms with Crippen molar-refractivity contribution < 1.29 is 4.42 Å². The highest BCUT2D eigenvalue weighted by molar-refractivity contribution is 5.84. The summed E-state index contributed by atoms with van der Waals surface area (Å²) in [6.45, 7) is 0. The second kappa shape index (κ2) is 4.52. The molecule has 3 heterocycles. The molecule has 0 atom stereocenters. The Morgan fingerprint density at radius 2 is 1.86 bits per heavy atom. The van der Waals surface area contributed by atoms with Crippen LogP contribution in [0.5, 0.6) is 0 Å². The number of rotatable bonds is 1. The average Bonchev–Trinajstić information content (AvgIpc) is 2.54. The van der Waals surface area contributed by atoms with Gasteiger partial charge >= 0.3 is 0 Å². The van der Waals surface area contributed by atoms with Gasteiger partial charge in [-0.2, -0.15) is 0 Å². The molecule has 3 aromatic heterocycles. The van der Waals surface area contributed by atoms with Crippen molar-refractivity contribution in [2.75, 3.05) is 0 Å². The van der Waals surface area contributed by atoms with Crippen LogP contribution < -0.4 is 5.43 Å². The molecule has 0 fully saturated rings. The Morgan fingerprint density at radius 3 is 2.81 bits per heavy atom. The van der Waals surface area contributed by atoms with Gasteiger partial charge in [0.25, 0.3) is 0 Å². The molecule has 4 nitrogen and oxygen atoms in total. The Labute approximate surface area is 119 Å². The first-order chi connectivity index (χ1) is 10.3. The van der Waals surface area contributed by atoms with Gasteiger partial charge in [0.15, 0.2) is 11.2 Å². The third-order valence-electron chi connectivity index (χ3n) is 3.41. The zero-order valence-electron chi connectivity index (χ0n) is 11.0. The zero-order chi connectivity index (χ0) is 14.2. The lowest BCUT2D eigenvalue weighted by Gasteiger charge is -2.03. The molecule has 21 heavy (non-hydrogen) atoms. The molecule has 0 saturated heterocycles. The lowest BCUT2D eigenvalue weighted by Crippen LogP contribution is -2.00. The monoisotopic (exact) mass is 274 g/mol. The number of para-hydroxylation sites is 1. The molecule has 0 radical (unpaired) electrons. The van der Waals surface area contributed by atoms with Gasteiger partial charge in [0, 0.05) is 35.4 Å². The molecule has 4 heteroatoms. The van der Waals surface area contributed by atoms with Crippen LogP contribution in [0.15, 0.2) is 70.3 Å². The summed E-state index contributed by atoms with van der Waals surface area (Å²) < 4.78 is 5.79. The highest BCUT2D eigenvalue weighted by atomic mass is 16.3. The minimum Gasteiger partial charge on any atom is -0.454 e. The highest BCUT2D eigenvalue weighted by Gasteiger charge is 2.08. The minimum absolute atomic E-state index is 0.0695. The molecule has 0 amide bonds. The quantitative estimate of drug-likeness (QED) is 0.534. The van der Waals surface area contributed by atoms with E-state index < -0.39 is 0 Å². The van der Waals surface area contributed by atoms with Crippen molar-refractivity contribution >= 4 is 21.7 Å². The van der Waals surface area contributed by atoms with Crippen LogP contribution in [-0.4, -0.2) is 9.97 Å². The topological polar surface area (TPSA) is 56.0 Å². The van der Waals surface area contributed by atoms with Crippen LogP contribution in [0.4, 0.5) is 0 Å². The third-order valence-corrected chi connectivity index (χ3v) is 3.41. The van der Waals surface area contributed by atoms with Crippen molar-refractivity contribution in [3.63, 3.8) is 0 Å². The van der Waals surface area contributed by atoms with Gasteiger partial charge in [-0.25, -0.2) is 0 Å². The van der Waals surface area contributed by atoms with Crippen LogP contribution in [0.2, 0.25) is 0 Å². The van der Waals surface area contributed by atoms with Gasteiger partial charge in [0.1, 0.15) is 11.3 Å². The van der Waals surface area contributed by atoms with Crippen LogP contribution in [0.3, 0.4) is 0 Å². The predicted molar refractivity (Wildman–Crippen MR) is 81.0 cm³/mol. The molecule has 4 rings (SSSR count). The lowest BCUT2D eigenvalue weighted by molar-refractivity contribution is 0.616. The number of nitrogens with zero attached hydrogens (tertiary/aromatic N) is 2. The molecule has 0 unspecified atom stereocenters. The van der Waals surface area contributed by atoms with Crippen molar-refractivity contribution in [1.29, 1.82) is 0 Å². The van der Waals surface area contributed by atoms with Crippen LogP contribution in [0.25, 0.3) is 33.2 Å². The van der Waals surface area contributed by atoms with E-state index in [-0.39, 0.29) is 5.43 Å². The zero-order valence-corrected chi connectivity index (χ0v) is 11.0. The standard InChI is InChI=1S/C17H10N2O2/c20-15-8-17(21-16-4-2-1-3-13(15)16)14-7-12-9-18-6-5-11(12)10-19-14/h1-10H. The molecule has 0 N–H and O–H groups in total. The minimum atomic E-state index is -0.0695. The van der Waals surface area contributed by atoms with Gasteiger partial charge < -0.3 is 4.42 Å². The van der Waals surface area contributed by atoms with Crippen molar-refractivity contribution in [3.8, 4) is 11.5 Å². The first-order valence-electron chi connectivity index (χ1n) is 6.54. The molecule has 4 aromatic rings. The first kappa shape index (κ1) is 11.8. The largest absolute Gasteiger partial charge is 0.454 e. The lowest BCUT2D eigenvalue weighted by atomic mass is 10.1. The summed E-state index contributed by atoms with van der Waals surface area (Å²) in [6, 6.07) is 12.4. The number of fused-ring (bicyclic) bond motifs is 2.